The number of nitrogens with one attached hydrogen (secondary N) is 1. The maximum Gasteiger partial charge on any atom is 0.410 e. The Morgan fingerprint density at radius 1 is 1.39 bits per heavy atom. The topological polar surface area (TPSA) is 50.8 Å². The number of nitrogens with zero attached hydrogens (tertiary/aromatic N) is 1. The number of carbonyl (C=O) groups is 1. The van der Waals surface area contributed by atoms with Gasteiger partial charge in [-0.1, -0.05) is 33.4 Å². The molecule has 2 rings (SSSR count). The van der Waals surface area contributed by atoms with E-state index in [1.165, 1.54) is 0 Å². The van der Waals surface area contributed by atoms with Crippen LogP contribution >= 0.6 is 0 Å². The third-order valence-corrected chi connectivity index (χ3v) is 9.99. The molecule has 0 bridgehead atoms. The molecule has 6 heteroatoms. The Hall–Kier alpha value is -0.853. The molecule has 0 aromatic rings. The van der Waals surface area contributed by atoms with E-state index in [0.717, 1.165) is 26.1 Å². The third kappa shape index (κ3) is 4.36. The fourth-order valence-corrected chi connectivity index (χ4v) is 4.28. The first-order chi connectivity index (χ1) is 10.6. The second-order valence-corrected chi connectivity index (χ2v) is 13.0. The lowest BCUT2D eigenvalue weighted by molar-refractivity contribution is 0.0479. The molecule has 1 N–H and O–H groups in total. The van der Waals surface area contributed by atoms with Gasteiger partial charge in [0.25, 0.3) is 0 Å². The van der Waals surface area contributed by atoms with Crippen LogP contribution in [0.15, 0.2) is 12.7 Å². The molecule has 2 aliphatic heterocycles. The van der Waals surface area contributed by atoms with Crippen molar-refractivity contribution in [2.45, 2.75) is 57.5 Å². The fourth-order valence-electron chi connectivity index (χ4n) is 2.91. The normalized spacial score (nSPS) is 26.0. The van der Waals surface area contributed by atoms with Gasteiger partial charge in [0.15, 0.2) is 8.32 Å². The van der Waals surface area contributed by atoms with E-state index in [1.54, 1.807) is 11.0 Å². The lowest BCUT2D eigenvalue weighted by Gasteiger charge is -2.41. The SMILES string of the molecule is C=CCOC(=O)N1CC([C@@H]2C[C@@H](O[Si](C)(C)C(C)(C)C)CN2)C1. The molecule has 0 aromatic carbocycles. The lowest BCUT2D eigenvalue weighted by Crippen LogP contribution is -2.56. The molecule has 0 saturated carbocycles. The minimum absolute atomic E-state index is 0.228. The van der Waals surface area contributed by atoms with Crippen LogP contribution in [0.2, 0.25) is 18.1 Å². The van der Waals surface area contributed by atoms with E-state index in [2.05, 4.69) is 45.8 Å². The average molecular weight is 341 g/mol. The summed E-state index contributed by atoms with van der Waals surface area (Å²) in [5.74, 6) is 0.513. The summed E-state index contributed by atoms with van der Waals surface area (Å²) in [6.45, 7) is 17.8. The van der Waals surface area contributed by atoms with Crippen molar-refractivity contribution < 1.29 is 14.0 Å². The average Bonchev–Trinajstić information content (AvgIpc) is 2.80. The molecule has 2 atom stereocenters. The molecule has 2 aliphatic rings. The summed E-state index contributed by atoms with van der Waals surface area (Å²) < 4.78 is 11.6. The van der Waals surface area contributed by atoms with Gasteiger partial charge in [-0.25, -0.2) is 4.79 Å². The first-order valence-corrected chi connectivity index (χ1v) is 11.5. The monoisotopic (exact) mass is 340 g/mol. The molecular weight excluding hydrogens is 308 g/mol. The summed E-state index contributed by atoms with van der Waals surface area (Å²) in [5, 5.41) is 3.83. The fraction of sp³-hybridized carbons (Fsp3) is 0.824. The molecule has 0 unspecified atom stereocenters. The van der Waals surface area contributed by atoms with Gasteiger partial charge in [-0.05, 0) is 24.6 Å². The van der Waals surface area contributed by atoms with Crippen LogP contribution in [0.1, 0.15) is 27.2 Å². The summed E-state index contributed by atoms with van der Waals surface area (Å²) >= 11 is 0. The summed E-state index contributed by atoms with van der Waals surface area (Å²) in [4.78, 5) is 13.5. The largest absolute Gasteiger partial charge is 0.445 e. The minimum Gasteiger partial charge on any atom is -0.445 e. The Morgan fingerprint density at radius 2 is 2.04 bits per heavy atom. The van der Waals surface area contributed by atoms with Crippen LogP contribution in [0.5, 0.6) is 0 Å². The minimum atomic E-state index is -1.71. The van der Waals surface area contributed by atoms with Crippen molar-refractivity contribution >= 4 is 14.4 Å². The van der Waals surface area contributed by atoms with Gasteiger partial charge in [-0.2, -0.15) is 0 Å². The van der Waals surface area contributed by atoms with Crippen molar-refractivity contribution in [3.63, 3.8) is 0 Å². The number of amides is 1. The van der Waals surface area contributed by atoms with Crippen molar-refractivity contribution in [1.82, 2.24) is 10.2 Å². The summed E-state index contributed by atoms with van der Waals surface area (Å²) in [6, 6.07) is 0.452. The van der Waals surface area contributed by atoms with E-state index in [1.807, 2.05) is 0 Å². The number of ether oxygens (including phenoxy) is 1. The molecule has 2 saturated heterocycles. The van der Waals surface area contributed by atoms with Gasteiger partial charge in [0, 0.05) is 31.6 Å². The molecule has 0 aromatic heterocycles. The summed E-state index contributed by atoms with van der Waals surface area (Å²) in [7, 11) is -1.71. The molecular formula is C17H32N2O3Si. The first kappa shape index (κ1) is 18.5. The van der Waals surface area contributed by atoms with Gasteiger partial charge in [-0.15, -0.1) is 0 Å². The molecule has 23 heavy (non-hydrogen) atoms. The zero-order chi connectivity index (χ0) is 17.3. The van der Waals surface area contributed by atoms with Crippen molar-refractivity contribution in [3.05, 3.63) is 12.7 Å². The van der Waals surface area contributed by atoms with Gasteiger partial charge in [0.2, 0.25) is 0 Å². The second kappa shape index (κ2) is 6.95. The van der Waals surface area contributed by atoms with Crippen molar-refractivity contribution in [1.29, 1.82) is 0 Å². The smallest absolute Gasteiger partial charge is 0.410 e. The van der Waals surface area contributed by atoms with Gasteiger partial charge < -0.3 is 19.4 Å². The van der Waals surface area contributed by atoms with E-state index in [-0.39, 0.29) is 17.7 Å². The zero-order valence-electron chi connectivity index (χ0n) is 15.2. The third-order valence-electron chi connectivity index (χ3n) is 5.45. The number of likely N-dealkylation sites (tertiary alicyclic amines) is 1. The van der Waals surface area contributed by atoms with Gasteiger partial charge in [-0.3, -0.25) is 0 Å². The lowest BCUT2D eigenvalue weighted by atomic mass is 9.91. The predicted molar refractivity (Wildman–Crippen MR) is 95.1 cm³/mol. The summed E-state index contributed by atoms with van der Waals surface area (Å²) in [6.07, 6.45) is 2.72. The maximum absolute atomic E-state index is 11.7. The van der Waals surface area contributed by atoms with Crippen LogP contribution in [0, 0.1) is 5.92 Å². The molecule has 0 spiro atoms. The Morgan fingerprint density at radius 3 is 2.61 bits per heavy atom. The van der Waals surface area contributed by atoms with Crippen molar-refractivity contribution in [2.75, 3.05) is 26.2 Å². The Labute approximate surface area is 141 Å². The second-order valence-electron chi connectivity index (χ2n) is 8.28. The highest BCUT2D eigenvalue weighted by molar-refractivity contribution is 6.74. The summed E-state index contributed by atoms with van der Waals surface area (Å²) in [5.41, 5.74) is 0. The molecule has 2 fully saturated rings. The zero-order valence-corrected chi connectivity index (χ0v) is 16.2. The van der Waals surface area contributed by atoms with Crippen LogP contribution < -0.4 is 5.32 Å². The van der Waals surface area contributed by atoms with Gasteiger partial charge in [0.1, 0.15) is 6.61 Å². The van der Waals surface area contributed by atoms with Crippen LogP contribution in [0.3, 0.4) is 0 Å². The van der Waals surface area contributed by atoms with Crippen molar-refractivity contribution in [2.24, 2.45) is 5.92 Å². The van der Waals surface area contributed by atoms with E-state index in [9.17, 15) is 4.79 Å². The van der Waals surface area contributed by atoms with Gasteiger partial charge in [0.05, 0.1) is 6.10 Å². The van der Waals surface area contributed by atoms with Crippen LogP contribution in [0.25, 0.3) is 0 Å². The quantitative estimate of drug-likeness (QED) is 0.617. The Balaban J connectivity index is 1.75. The highest BCUT2D eigenvalue weighted by Crippen LogP contribution is 2.38. The molecule has 5 nitrogen and oxygen atoms in total. The molecule has 0 radical (unpaired) electrons. The highest BCUT2D eigenvalue weighted by atomic mass is 28.4. The number of hydrogen-bond acceptors (Lipinski definition) is 4. The van der Waals surface area contributed by atoms with E-state index >= 15 is 0 Å². The van der Waals surface area contributed by atoms with Gasteiger partial charge >= 0.3 is 6.09 Å². The highest BCUT2D eigenvalue weighted by Gasteiger charge is 2.44. The van der Waals surface area contributed by atoms with E-state index in [0.29, 0.717) is 18.1 Å². The standard InChI is InChI=1S/C17H32N2O3Si/c1-7-8-21-16(20)19-11-13(12-19)15-9-14(10-18-15)22-23(5,6)17(2,3)4/h7,13-15,18H,1,8-12H2,2-6H3/t14-,15+/m1/s1. The number of hydrogen-bond donors (Lipinski definition) is 1. The predicted octanol–water partition coefficient (Wildman–Crippen LogP) is 2.99. The Bertz CT molecular complexity index is 442. The molecule has 1 amide bonds. The molecule has 132 valence electrons. The van der Waals surface area contributed by atoms with Crippen LogP contribution in [-0.2, 0) is 9.16 Å². The van der Waals surface area contributed by atoms with Crippen LogP contribution in [-0.4, -0.2) is 57.7 Å². The first-order valence-electron chi connectivity index (χ1n) is 8.58. The van der Waals surface area contributed by atoms with Crippen LogP contribution in [0.4, 0.5) is 4.79 Å². The van der Waals surface area contributed by atoms with E-state index in [4.69, 9.17) is 9.16 Å². The molecule has 2 heterocycles. The molecule has 0 aliphatic carbocycles. The maximum atomic E-state index is 11.7. The van der Waals surface area contributed by atoms with E-state index < -0.39 is 8.32 Å². The number of carbonyl (C=O) groups excluding carboxylic acids is 1. The Kier molecular flexibility index (Phi) is 5.58. The van der Waals surface area contributed by atoms with Crippen molar-refractivity contribution in [3.8, 4) is 0 Å². The number of rotatable bonds is 5.